The van der Waals surface area contributed by atoms with Gasteiger partial charge >= 0.3 is 6.03 Å². The normalized spacial score (nSPS) is 10.9. The van der Waals surface area contributed by atoms with Gasteiger partial charge in [0.2, 0.25) is 4.96 Å². The van der Waals surface area contributed by atoms with Crippen LogP contribution in [0.15, 0.2) is 53.9 Å². The molecule has 0 aliphatic carbocycles. The van der Waals surface area contributed by atoms with Crippen molar-refractivity contribution in [3.63, 3.8) is 0 Å². The molecular weight excluding hydrogens is 405 g/mol. The maximum Gasteiger partial charge on any atom is 0.319 e. The highest BCUT2D eigenvalue weighted by Crippen LogP contribution is 2.21. The molecule has 4 aromatic rings. The Bertz CT molecular complexity index is 1160. The van der Waals surface area contributed by atoms with Crippen molar-refractivity contribution in [3.05, 3.63) is 65.4 Å². The molecule has 9 heteroatoms. The molecule has 0 radical (unpaired) electrons. The number of anilines is 1. The zero-order chi connectivity index (χ0) is 20.9. The van der Waals surface area contributed by atoms with Gasteiger partial charge in [0.05, 0.1) is 12.3 Å². The van der Waals surface area contributed by atoms with E-state index in [0.29, 0.717) is 36.6 Å². The van der Waals surface area contributed by atoms with E-state index in [1.165, 1.54) is 23.5 Å². The van der Waals surface area contributed by atoms with Gasteiger partial charge < -0.3 is 15.4 Å². The Labute approximate surface area is 176 Å². The number of fused-ring (bicyclic) bond motifs is 1. The summed E-state index contributed by atoms with van der Waals surface area (Å²) in [5, 5.41) is 12.1. The van der Waals surface area contributed by atoms with Gasteiger partial charge in [-0.2, -0.15) is 4.98 Å². The van der Waals surface area contributed by atoms with Crippen molar-refractivity contribution in [2.75, 3.05) is 18.5 Å². The third-order valence-corrected chi connectivity index (χ3v) is 5.19. The summed E-state index contributed by atoms with van der Waals surface area (Å²) < 4.78 is 20.6. The predicted octanol–water partition coefficient (Wildman–Crippen LogP) is 4.36. The van der Waals surface area contributed by atoms with Gasteiger partial charge in [0.1, 0.15) is 11.6 Å². The van der Waals surface area contributed by atoms with E-state index in [-0.39, 0.29) is 11.8 Å². The summed E-state index contributed by atoms with van der Waals surface area (Å²) in [4.78, 5) is 17.3. The molecule has 0 saturated heterocycles. The lowest BCUT2D eigenvalue weighted by molar-refractivity contribution is 0.252. The summed E-state index contributed by atoms with van der Waals surface area (Å²) >= 11 is 1.46. The number of thiazole rings is 1. The third kappa shape index (κ3) is 4.57. The number of carbonyl (C=O) groups excluding carboxylic acids is 1. The molecule has 2 amide bonds. The van der Waals surface area contributed by atoms with Gasteiger partial charge in [-0.1, -0.05) is 12.1 Å². The van der Waals surface area contributed by atoms with Gasteiger partial charge in [0.25, 0.3) is 0 Å². The monoisotopic (exact) mass is 425 g/mol. The highest BCUT2D eigenvalue weighted by Gasteiger charge is 2.12. The van der Waals surface area contributed by atoms with Crippen LogP contribution in [0.4, 0.5) is 14.9 Å². The van der Waals surface area contributed by atoms with Gasteiger partial charge in [-0.05, 0) is 43.3 Å². The zero-order valence-electron chi connectivity index (χ0n) is 16.3. The van der Waals surface area contributed by atoms with Crippen LogP contribution in [0.1, 0.15) is 12.6 Å². The van der Waals surface area contributed by atoms with E-state index in [1.807, 2.05) is 24.4 Å². The minimum atomic E-state index is -0.325. The fourth-order valence-corrected chi connectivity index (χ4v) is 3.78. The molecule has 0 unspecified atom stereocenters. The van der Waals surface area contributed by atoms with Crippen molar-refractivity contribution < 1.29 is 13.9 Å². The van der Waals surface area contributed by atoms with E-state index < -0.39 is 0 Å². The van der Waals surface area contributed by atoms with E-state index in [4.69, 9.17) is 4.74 Å². The Morgan fingerprint density at radius 3 is 2.83 bits per heavy atom. The molecule has 0 spiro atoms. The first-order valence-corrected chi connectivity index (χ1v) is 10.4. The maximum atomic E-state index is 13.5. The van der Waals surface area contributed by atoms with Crippen LogP contribution >= 0.6 is 11.3 Å². The smallest absolute Gasteiger partial charge is 0.319 e. The number of aromatic nitrogens is 3. The highest BCUT2D eigenvalue weighted by molar-refractivity contribution is 7.15. The average Bonchev–Trinajstić information content (AvgIpc) is 3.31. The van der Waals surface area contributed by atoms with E-state index >= 15 is 0 Å². The number of rotatable bonds is 7. The average molecular weight is 425 g/mol. The van der Waals surface area contributed by atoms with Crippen LogP contribution in [-0.2, 0) is 6.42 Å². The molecule has 0 bridgehead atoms. The molecule has 0 fully saturated rings. The molecule has 0 aliphatic rings. The summed E-state index contributed by atoms with van der Waals surface area (Å²) in [6.07, 6.45) is 0.586. The number of benzene rings is 2. The number of amides is 2. The minimum absolute atomic E-state index is 0.287. The molecule has 0 aliphatic heterocycles. The Balaban J connectivity index is 1.34. The molecule has 2 N–H and O–H groups in total. The molecule has 4 rings (SSSR count). The number of urea groups is 1. The van der Waals surface area contributed by atoms with Crippen LogP contribution < -0.4 is 15.4 Å². The van der Waals surface area contributed by atoms with Crippen molar-refractivity contribution in [1.29, 1.82) is 0 Å². The van der Waals surface area contributed by atoms with Crippen LogP contribution in [-0.4, -0.2) is 33.8 Å². The lowest BCUT2D eigenvalue weighted by Crippen LogP contribution is -2.30. The van der Waals surface area contributed by atoms with Gasteiger partial charge in [-0.25, -0.2) is 13.7 Å². The molecule has 2 aromatic heterocycles. The van der Waals surface area contributed by atoms with E-state index in [1.54, 1.807) is 28.8 Å². The number of halogens is 1. The SMILES string of the molecule is CCOc1ccc(NC(=O)NCCc2csc3nc(-c4cccc(F)c4)nn23)cc1. The number of nitrogens with one attached hydrogen (secondary N) is 2. The zero-order valence-corrected chi connectivity index (χ0v) is 17.1. The number of ether oxygens (including phenoxy) is 1. The van der Waals surface area contributed by atoms with Gasteiger partial charge in [0, 0.05) is 29.6 Å². The molecule has 30 heavy (non-hydrogen) atoms. The van der Waals surface area contributed by atoms with Gasteiger partial charge in [-0.15, -0.1) is 16.4 Å². The standard InChI is InChI=1S/C21H20FN5O2S/c1-2-29-18-8-6-16(7-9-18)24-20(28)23-11-10-17-13-30-21-25-19(26-27(17)21)14-4-3-5-15(22)12-14/h3-9,12-13H,2,10-11H2,1H3,(H2,23,24,28). The van der Waals surface area contributed by atoms with Crippen molar-refractivity contribution in [2.24, 2.45) is 0 Å². The van der Waals surface area contributed by atoms with Crippen LogP contribution in [0.3, 0.4) is 0 Å². The fourth-order valence-electron chi connectivity index (χ4n) is 2.93. The first kappa shape index (κ1) is 19.8. The first-order chi connectivity index (χ1) is 14.6. The van der Waals surface area contributed by atoms with E-state index in [2.05, 4.69) is 20.7 Å². The number of hydrogen-bond donors (Lipinski definition) is 2. The fraction of sp³-hybridized carbons (Fsp3) is 0.190. The van der Waals surface area contributed by atoms with Gasteiger partial charge in [-0.3, -0.25) is 0 Å². The summed E-state index contributed by atoms with van der Waals surface area (Å²) in [5.41, 5.74) is 2.24. The van der Waals surface area contributed by atoms with E-state index in [9.17, 15) is 9.18 Å². The second kappa shape index (κ2) is 8.91. The van der Waals surface area contributed by atoms with Gasteiger partial charge in [0.15, 0.2) is 5.82 Å². The Morgan fingerprint density at radius 2 is 2.07 bits per heavy atom. The first-order valence-electron chi connectivity index (χ1n) is 9.49. The quantitative estimate of drug-likeness (QED) is 0.461. The molecule has 7 nitrogen and oxygen atoms in total. The summed E-state index contributed by atoms with van der Waals surface area (Å²) in [6.45, 7) is 2.95. The Morgan fingerprint density at radius 1 is 1.23 bits per heavy atom. The topological polar surface area (TPSA) is 80.5 Å². The lowest BCUT2D eigenvalue weighted by atomic mass is 10.2. The second-order valence-electron chi connectivity index (χ2n) is 6.46. The molecule has 0 atom stereocenters. The van der Waals surface area contributed by atoms with Crippen LogP contribution in [0.2, 0.25) is 0 Å². The van der Waals surface area contributed by atoms with Crippen LogP contribution in [0, 0.1) is 5.82 Å². The highest BCUT2D eigenvalue weighted by atomic mass is 32.1. The predicted molar refractivity (Wildman–Crippen MR) is 115 cm³/mol. The van der Waals surface area contributed by atoms with E-state index in [0.717, 1.165) is 16.4 Å². The van der Waals surface area contributed by atoms with Crippen LogP contribution in [0.25, 0.3) is 16.3 Å². The second-order valence-corrected chi connectivity index (χ2v) is 7.29. The van der Waals surface area contributed by atoms with Crippen molar-refractivity contribution >= 4 is 28.0 Å². The Kier molecular flexibility index (Phi) is 5.89. The maximum absolute atomic E-state index is 13.5. The van der Waals surface area contributed by atoms with Crippen molar-refractivity contribution in [2.45, 2.75) is 13.3 Å². The van der Waals surface area contributed by atoms with Crippen molar-refractivity contribution in [3.8, 4) is 17.1 Å². The number of hydrogen-bond acceptors (Lipinski definition) is 5. The minimum Gasteiger partial charge on any atom is -0.494 e. The number of nitrogens with zero attached hydrogens (tertiary/aromatic N) is 3. The summed E-state index contributed by atoms with van der Waals surface area (Å²) in [6, 6.07) is 13.1. The molecular formula is C21H20FN5O2S. The number of carbonyl (C=O) groups is 1. The largest absolute Gasteiger partial charge is 0.494 e. The molecule has 0 saturated carbocycles. The Hall–Kier alpha value is -3.46. The van der Waals surface area contributed by atoms with Crippen LogP contribution in [0.5, 0.6) is 5.75 Å². The lowest BCUT2D eigenvalue weighted by Gasteiger charge is -2.08. The summed E-state index contributed by atoms with van der Waals surface area (Å²) in [5.74, 6) is 0.910. The molecule has 2 heterocycles. The molecule has 154 valence electrons. The van der Waals surface area contributed by atoms with Crippen molar-refractivity contribution in [1.82, 2.24) is 19.9 Å². The molecule has 2 aromatic carbocycles. The third-order valence-electron chi connectivity index (χ3n) is 4.32. The summed E-state index contributed by atoms with van der Waals surface area (Å²) in [7, 11) is 0.